The minimum Gasteiger partial charge on any atom is -0.328 e. The molecular formula is C13H9ClFN3. The summed E-state index contributed by atoms with van der Waals surface area (Å²) in [5, 5.41) is 1.12. The van der Waals surface area contributed by atoms with Gasteiger partial charge in [0.25, 0.3) is 0 Å². The van der Waals surface area contributed by atoms with Gasteiger partial charge in [0.2, 0.25) is 5.28 Å². The van der Waals surface area contributed by atoms with E-state index >= 15 is 0 Å². The zero-order valence-corrected chi connectivity index (χ0v) is 10.1. The third kappa shape index (κ3) is 2.07. The third-order valence-corrected chi connectivity index (χ3v) is 2.90. The maximum absolute atomic E-state index is 13.1. The number of rotatable bonds is 2. The number of fused-ring (bicyclic) bond motifs is 1. The Labute approximate surface area is 108 Å². The second-order valence-electron chi connectivity index (χ2n) is 3.99. The fraction of sp³-hybridized carbons (Fsp3) is 0.0769. The maximum Gasteiger partial charge on any atom is 0.224 e. The van der Waals surface area contributed by atoms with Gasteiger partial charge in [0.05, 0.1) is 0 Å². The normalized spacial score (nSPS) is 11.0. The molecule has 0 saturated heterocycles. The molecule has 2 aromatic heterocycles. The van der Waals surface area contributed by atoms with Crippen molar-refractivity contribution in [1.82, 2.24) is 14.5 Å². The van der Waals surface area contributed by atoms with Crippen molar-refractivity contribution in [3.8, 4) is 0 Å². The lowest BCUT2D eigenvalue weighted by molar-refractivity contribution is 0.624. The Morgan fingerprint density at radius 2 is 2.17 bits per heavy atom. The van der Waals surface area contributed by atoms with Crippen molar-refractivity contribution < 1.29 is 4.39 Å². The van der Waals surface area contributed by atoms with Crippen LogP contribution in [-0.2, 0) is 6.54 Å². The van der Waals surface area contributed by atoms with Crippen molar-refractivity contribution in [1.29, 1.82) is 0 Å². The third-order valence-electron chi connectivity index (χ3n) is 2.71. The van der Waals surface area contributed by atoms with Gasteiger partial charge in [0.15, 0.2) is 0 Å². The number of benzene rings is 1. The lowest BCUT2D eigenvalue weighted by atomic mass is 10.2. The van der Waals surface area contributed by atoms with Crippen LogP contribution in [0.4, 0.5) is 4.39 Å². The van der Waals surface area contributed by atoms with E-state index in [4.69, 9.17) is 11.6 Å². The molecule has 0 aliphatic carbocycles. The summed E-state index contributed by atoms with van der Waals surface area (Å²) in [6.07, 6.45) is 3.56. The fourth-order valence-corrected chi connectivity index (χ4v) is 2.04. The summed E-state index contributed by atoms with van der Waals surface area (Å²) in [7, 11) is 0. The number of halogens is 2. The smallest absolute Gasteiger partial charge is 0.224 e. The van der Waals surface area contributed by atoms with E-state index in [0.717, 1.165) is 16.6 Å². The van der Waals surface area contributed by atoms with E-state index in [9.17, 15) is 4.39 Å². The van der Waals surface area contributed by atoms with E-state index in [2.05, 4.69) is 9.97 Å². The molecule has 0 radical (unpaired) electrons. The van der Waals surface area contributed by atoms with Gasteiger partial charge < -0.3 is 4.57 Å². The predicted octanol–water partition coefficient (Wildman–Crippen LogP) is 3.27. The highest BCUT2D eigenvalue weighted by Gasteiger charge is 2.05. The minimum absolute atomic E-state index is 0.210. The Morgan fingerprint density at radius 3 is 3.00 bits per heavy atom. The molecule has 0 saturated carbocycles. The molecule has 1 aromatic carbocycles. The summed E-state index contributed by atoms with van der Waals surface area (Å²) in [4.78, 5) is 8.10. The van der Waals surface area contributed by atoms with Gasteiger partial charge in [-0.15, -0.1) is 0 Å². The number of hydrogen-bond donors (Lipinski definition) is 0. The zero-order chi connectivity index (χ0) is 12.5. The first-order valence-electron chi connectivity index (χ1n) is 5.44. The molecule has 0 fully saturated rings. The minimum atomic E-state index is -0.239. The Hall–Kier alpha value is -1.94. The largest absolute Gasteiger partial charge is 0.328 e. The summed E-state index contributed by atoms with van der Waals surface area (Å²) < 4.78 is 15.0. The lowest BCUT2D eigenvalue weighted by Gasteiger charge is -2.05. The number of nitrogens with zero attached hydrogens (tertiary/aromatic N) is 3. The van der Waals surface area contributed by atoms with Gasteiger partial charge in [0, 0.05) is 24.3 Å². The summed E-state index contributed by atoms with van der Waals surface area (Å²) in [6, 6.07) is 8.41. The SMILES string of the molecule is Fc1cccc(Cn2ccc3cnc(Cl)nc32)c1. The summed E-state index contributed by atoms with van der Waals surface area (Å²) in [5.41, 5.74) is 1.63. The van der Waals surface area contributed by atoms with Gasteiger partial charge in [-0.05, 0) is 35.4 Å². The van der Waals surface area contributed by atoms with E-state index in [-0.39, 0.29) is 11.1 Å². The molecular weight excluding hydrogens is 253 g/mol. The second kappa shape index (κ2) is 4.38. The van der Waals surface area contributed by atoms with Gasteiger partial charge >= 0.3 is 0 Å². The molecule has 0 bridgehead atoms. The highest BCUT2D eigenvalue weighted by atomic mass is 35.5. The van der Waals surface area contributed by atoms with E-state index in [1.54, 1.807) is 12.3 Å². The van der Waals surface area contributed by atoms with Gasteiger partial charge in [0.1, 0.15) is 11.5 Å². The summed E-state index contributed by atoms with van der Waals surface area (Å²) in [6.45, 7) is 0.550. The Kier molecular flexibility index (Phi) is 2.72. The van der Waals surface area contributed by atoms with Crippen LogP contribution in [-0.4, -0.2) is 14.5 Å². The van der Waals surface area contributed by atoms with Gasteiger partial charge in [-0.25, -0.2) is 9.37 Å². The Balaban J connectivity index is 2.02. The van der Waals surface area contributed by atoms with Crippen LogP contribution < -0.4 is 0 Å². The van der Waals surface area contributed by atoms with Crippen molar-refractivity contribution in [3.05, 3.63) is 59.4 Å². The van der Waals surface area contributed by atoms with Crippen LogP contribution in [0.5, 0.6) is 0 Å². The average Bonchev–Trinajstić information content (AvgIpc) is 2.72. The Bertz CT molecular complexity index is 708. The standard InChI is InChI=1S/C13H9ClFN3/c14-13-16-7-10-4-5-18(12(10)17-13)8-9-2-1-3-11(15)6-9/h1-7H,8H2. The highest BCUT2D eigenvalue weighted by molar-refractivity contribution is 6.28. The summed E-state index contributed by atoms with van der Waals surface area (Å²) in [5.74, 6) is -0.239. The number of hydrogen-bond acceptors (Lipinski definition) is 2. The molecule has 3 rings (SSSR count). The molecule has 2 heterocycles. The lowest BCUT2D eigenvalue weighted by Crippen LogP contribution is -2.00. The molecule has 0 unspecified atom stereocenters. The maximum atomic E-state index is 13.1. The van der Waals surface area contributed by atoms with Crippen LogP contribution in [0.3, 0.4) is 0 Å². The highest BCUT2D eigenvalue weighted by Crippen LogP contribution is 2.16. The van der Waals surface area contributed by atoms with Crippen LogP contribution in [0.2, 0.25) is 5.28 Å². The molecule has 0 aliphatic rings. The molecule has 0 atom stereocenters. The average molecular weight is 262 g/mol. The molecule has 90 valence electrons. The fourth-order valence-electron chi connectivity index (χ4n) is 1.91. The van der Waals surface area contributed by atoms with Crippen molar-refractivity contribution >= 4 is 22.6 Å². The van der Waals surface area contributed by atoms with Crippen LogP contribution in [0.15, 0.2) is 42.7 Å². The first-order valence-corrected chi connectivity index (χ1v) is 5.82. The topological polar surface area (TPSA) is 30.7 Å². The predicted molar refractivity (Wildman–Crippen MR) is 68.0 cm³/mol. The van der Waals surface area contributed by atoms with Gasteiger partial charge in [-0.1, -0.05) is 12.1 Å². The van der Waals surface area contributed by atoms with E-state index in [1.165, 1.54) is 12.1 Å². The molecule has 0 N–H and O–H groups in total. The first-order chi connectivity index (χ1) is 8.72. The molecule has 3 aromatic rings. The molecule has 0 amide bonds. The first kappa shape index (κ1) is 11.2. The van der Waals surface area contributed by atoms with Crippen molar-refractivity contribution in [2.75, 3.05) is 0 Å². The van der Waals surface area contributed by atoms with Gasteiger partial charge in [-0.3, -0.25) is 0 Å². The van der Waals surface area contributed by atoms with Crippen LogP contribution in [0.25, 0.3) is 11.0 Å². The van der Waals surface area contributed by atoms with Crippen LogP contribution >= 0.6 is 11.6 Å². The Morgan fingerprint density at radius 1 is 1.28 bits per heavy atom. The van der Waals surface area contributed by atoms with Crippen molar-refractivity contribution in [2.45, 2.75) is 6.54 Å². The monoisotopic (exact) mass is 261 g/mol. The molecule has 18 heavy (non-hydrogen) atoms. The van der Waals surface area contributed by atoms with Gasteiger partial charge in [-0.2, -0.15) is 4.98 Å². The number of aromatic nitrogens is 3. The quantitative estimate of drug-likeness (QED) is 0.663. The van der Waals surface area contributed by atoms with Crippen molar-refractivity contribution in [2.24, 2.45) is 0 Å². The van der Waals surface area contributed by atoms with E-state index in [0.29, 0.717) is 6.54 Å². The molecule has 0 spiro atoms. The second-order valence-corrected chi connectivity index (χ2v) is 4.33. The van der Waals surface area contributed by atoms with E-state index in [1.807, 2.05) is 22.9 Å². The summed E-state index contributed by atoms with van der Waals surface area (Å²) >= 11 is 5.78. The molecule has 5 heteroatoms. The molecule has 3 nitrogen and oxygen atoms in total. The van der Waals surface area contributed by atoms with Crippen molar-refractivity contribution in [3.63, 3.8) is 0 Å². The van der Waals surface area contributed by atoms with E-state index < -0.39 is 0 Å². The van der Waals surface area contributed by atoms with Crippen LogP contribution in [0.1, 0.15) is 5.56 Å². The molecule has 0 aliphatic heterocycles. The van der Waals surface area contributed by atoms with Crippen LogP contribution in [0, 0.1) is 5.82 Å². The zero-order valence-electron chi connectivity index (χ0n) is 9.35.